The molecule has 0 bridgehead atoms. The van der Waals surface area contributed by atoms with Crippen molar-refractivity contribution < 1.29 is 46.6 Å². The lowest BCUT2D eigenvalue weighted by Gasteiger charge is -2.24. The fourth-order valence-electron chi connectivity index (χ4n) is 3.38. The molecule has 33 heavy (non-hydrogen) atoms. The molecular weight excluding hydrogens is 458 g/mol. The minimum atomic E-state index is -3.24. The van der Waals surface area contributed by atoms with Crippen LogP contribution < -0.4 is 20.5 Å². The lowest BCUT2D eigenvalue weighted by molar-refractivity contribution is -0.157. The zero-order valence-corrected chi connectivity index (χ0v) is 16.9. The smallest absolute Gasteiger partial charge is 0.414 e. The molecule has 1 atom stereocenters. The number of hydrogen-bond acceptors (Lipinski definition) is 7. The van der Waals surface area contributed by atoms with E-state index >= 15 is 0 Å². The van der Waals surface area contributed by atoms with Gasteiger partial charge in [0.2, 0.25) is 0 Å². The summed E-state index contributed by atoms with van der Waals surface area (Å²) < 4.78 is 59.1. The van der Waals surface area contributed by atoms with E-state index in [9.17, 15) is 36.7 Å². The molecule has 0 aliphatic carbocycles. The van der Waals surface area contributed by atoms with Crippen molar-refractivity contribution in [2.24, 2.45) is 0 Å². The Labute approximate surface area is 183 Å². The number of hydrogen-bond donors (Lipinski definition) is 3. The molecule has 3 N–H and O–H groups in total. The molecule has 3 rings (SSSR count). The van der Waals surface area contributed by atoms with Gasteiger partial charge in [0.15, 0.2) is 11.6 Å². The van der Waals surface area contributed by atoms with Gasteiger partial charge < -0.3 is 20.1 Å². The number of amides is 3. The highest BCUT2D eigenvalue weighted by molar-refractivity contribution is 6.31. The van der Waals surface area contributed by atoms with E-state index in [2.05, 4.69) is 5.43 Å². The topological polar surface area (TPSA) is 132 Å². The number of halogens is 4. The summed E-state index contributed by atoms with van der Waals surface area (Å²) in [5.74, 6) is -6.47. The van der Waals surface area contributed by atoms with Crippen LogP contribution in [0.2, 0.25) is 0 Å². The molecule has 1 aromatic rings. The van der Waals surface area contributed by atoms with E-state index in [-0.39, 0.29) is 38.4 Å². The molecule has 1 aromatic carbocycles. The quantitative estimate of drug-likeness (QED) is 0.396. The summed E-state index contributed by atoms with van der Waals surface area (Å²) in [5.41, 5.74) is 1.95. The summed E-state index contributed by atoms with van der Waals surface area (Å²) in [4.78, 5) is 47.6. The number of carbonyl (C=O) groups excluding carboxylic acids is 3. The van der Waals surface area contributed by atoms with E-state index in [4.69, 9.17) is 9.84 Å². The Morgan fingerprint density at radius 3 is 2.45 bits per heavy atom. The molecule has 180 valence electrons. The number of hydrazine groups is 1. The largest absolute Gasteiger partial charge is 0.474 e. The van der Waals surface area contributed by atoms with Crippen LogP contribution in [0.15, 0.2) is 12.1 Å². The first-order valence-electron chi connectivity index (χ1n) is 9.64. The van der Waals surface area contributed by atoms with Crippen molar-refractivity contribution in [2.45, 2.75) is 12.5 Å². The number of carbonyl (C=O) groups is 4. The van der Waals surface area contributed by atoms with Crippen molar-refractivity contribution in [2.75, 3.05) is 49.1 Å². The van der Waals surface area contributed by atoms with Gasteiger partial charge in [-0.05, 0) is 0 Å². The van der Waals surface area contributed by atoms with Gasteiger partial charge in [-0.1, -0.05) is 0 Å². The number of aliphatic carboxylic acids is 1. The molecule has 0 saturated carbocycles. The SMILES string of the molecule is O=C(O)C(=O)N1CCN(c2c(F)cc(N3C[C@H](CNC(=O)C(F)F)OC3=O)cc2F)CCN1. The number of carboxylic acid groups (broad SMARTS) is 1. The molecule has 15 heteroatoms. The summed E-state index contributed by atoms with van der Waals surface area (Å²) in [5, 5.41) is 11.5. The van der Waals surface area contributed by atoms with Crippen molar-refractivity contribution in [1.29, 1.82) is 0 Å². The van der Waals surface area contributed by atoms with Crippen LogP contribution in [-0.2, 0) is 19.1 Å². The predicted octanol–water partition coefficient (Wildman–Crippen LogP) is -0.0909. The summed E-state index contributed by atoms with van der Waals surface area (Å²) in [6, 6.07) is 1.77. The molecule has 2 aliphatic heterocycles. The third-order valence-corrected chi connectivity index (χ3v) is 4.91. The maximum atomic E-state index is 14.8. The lowest BCUT2D eigenvalue weighted by Crippen LogP contribution is -2.46. The molecule has 0 spiro atoms. The second-order valence-corrected chi connectivity index (χ2v) is 7.08. The van der Waals surface area contributed by atoms with Crippen molar-refractivity contribution in [3.8, 4) is 0 Å². The van der Waals surface area contributed by atoms with Crippen molar-refractivity contribution in [3.63, 3.8) is 0 Å². The number of alkyl halides is 2. The molecule has 11 nitrogen and oxygen atoms in total. The minimum Gasteiger partial charge on any atom is -0.474 e. The number of cyclic esters (lactones) is 1. The van der Waals surface area contributed by atoms with Crippen molar-refractivity contribution in [3.05, 3.63) is 23.8 Å². The Bertz CT molecular complexity index is 941. The van der Waals surface area contributed by atoms with E-state index in [0.717, 1.165) is 22.0 Å². The first-order valence-corrected chi connectivity index (χ1v) is 9.64. The number of nitrogens with zero attached hydrogens (tertiary/aromatic N) is 3. The van der Waals surface area contributed by atoms with Crippen LogP contribution in [0.1, 0.15) is 0 Å². The van der Waals surface area contributed by atoms with Gasteiger partial charge in [0.1, 0.15) is 11.8 Å². The predicted molar refractivity (Wildman–Crippen MR) is 103 cm³/mol. The second kappa shape index (κ2) is 9.89. The van der Waals surface area contributed by atoms with E-state index in [0.29, 0.717) is 0 Å². The molecule has 0 radical (unpaired) electrons. The highest BCUT2D eigenvalue weighted by Gasteiger charge is 2.34. The van der Waals surface area contributed by atoms with E-state index in [1.54, 1.807) is 0 Å². The van der Waals surface area contributed by atoms with Crippen molar-refractivity contribution in [1.82, 2.24) is 15.8 Å². The average Bonchev–Trinajstić information content (AvgIpc) is 2.96. The van der Waals surface area contributed by atoms with Crippen molar-refractivity contribution >= 4 is 35.3 Å². The van der Waals surface area contributed by atoms with Crippen LogP contribution in [-0.4, -0.2) is 85.8 Å². The Morgan fingerprint density at radius 2 is 1.85 bits per heavy atom. The number of ether oxygens (including phenoxy) is 1. The van der Waals surface area contributed by atoms with Crippen LogP contribution in [0.3, 0.4) is 0 Å². The second-order valence-electron chi connectivity index (χ2n) is 7.08. The van der Waals surface area contributed by atoms with Crippen LogP contribution >= 0.6 is 0 Å². The average molecular weight is 477 g/mol. The molecular formula is C18H19F4N5O6. The van der Waals surface area contributed by atoms with Crippen LogP contribution in [0.25, 0.3) is 0 Å². The number of nitrogens with one attached hydrogen (secondary N) is 2. The fraction of sp³-hybridized carbons (Fsp3) is 0.444. The van der Waals surface area contributed by atoms with E-state index < -0.39 is 60.3 Å². The highest BCUT2D eigenvalue weighted by atomic mass is 19.3. The van der Waals surface area contributed by atoms with E-state index in [1.807, 2.05) is 5.32 Å². The number of rotatable bonds is 5. The van der Waals surface area contributed by atoms with Gasteiger partial charge in [0.25, 0.3) is 5.91 Å². The number of carboxylic acids is 1. The molecule has 2 fully saturated rings. The first-order chi connectivity index (χ1) is 15.6. The molecule has 3 amide bonds. The van der Waals surface area contributed by atoms with Gasteiger partial charge >= 0.3 is 24.4 Å². The van der Waals surface area contributed by atoms with Gasteiger partial charge in [-0.2, -0.15) is 8.78 Å². The summed E-state index contributed by atoms with van der Waals surface area (Å²) in [6.07, 6.45) is -5.21. The zero-order chi connectivity index (χ0) is 24.3. The monoisotopic (exact) mass is 477 g/mol. The molecule has 0 aromatic heterocycles. The van der Waals surface area contributed by atoms with Gasteiger partial charge in [0.05, 0.1) is 25.3 Å². The standard InChI is InChI=1S/C18H19F4N5O6/c19-11-5-9(26-8-10(33-18(26)32)7-23-15(28)14(21)22)6-12(20)13(11)25-2-1-24-27(4-3-25)16(29)17(30)31/h5-6,10,14,24H,1-4,7-8H2,(H,23,28)(H,30,31)/t10-/m0/s1. The van der Waals surface area contributed by atoms with Gasteiger partial charge in [-0.25, -0.2) is 23.8 Å². The molecule has 2 saturated heterocycles. The zero-order valence-electron chi connectivity index (χ0n) is 16.9. The maximum Gasteiger partial charge on any atom is 0.414 e. The summed E-state index contributed by atoms with van der Waals surface area (Å²) in [7, 11) is 0. The molecule has 2 heterocycles. The Hall–Kier alpha value is -3.62. The molecule has 0 unspecified atom stereocenters. The normalized spacial score (nSPS) is 18.9. The Kier molecular flexibility index (Phi) is 7.20. The lowest BCUT2D eigenvalue weighted by atomic mass is 10.2. The summed E-state index contributed by atoms with van der Waals surface area (Å²) >= 11 is 0. The van der Waals surface area contributed by atoms with Crippen LogP contribution in [0, 0.1) is 11.6 Å². The van der Waals surface area contributed by atoms with Crippen LogP contribution in [0.4, 0.5) is 33.7 Å². The third-order valence-electron chi connectivity index (χ3n) is 4.91. The Balaban J connectivity index is 1.70. The summed E-state index contributed by atoms with van der Waals surface area (Å²) in [6.45, 7) is -0.785. The first kappa shape index (κ1) is 24.0. The fourth-order valence-corrected chi connectivity index (χ4v) is 3.38. The third kappa shape index (κ3) is 5.42. The number of benzene rings is 1. The van der Waals surface area contributed by atoms with Gasteiger partial charge in [0, 0.05) is 31.8 Å². The number of anilines is 2. The van der Waals surface area contributed by atoms with Crippen LogP contribution in [0.5, 0.6) is 0 Å². The molecule has 2 aliphatic rings. The minimum absolute atomic E-state index is 0.0319. The maximum absolute atomic E-state index is 14.8. The highest BCUT2D eigenvalue weighted by Crippen LogP contribution is 2.31. The van der Waals surface area contributed by atoms with E-state index in [1.165, 1.54) is 4.90 Å². The Morgan fingerprint density at radius 1 is 1.18 bits per heavy atom. The van der Waals surface area contributed by atoms with Gasteiger partial charge in [-0.3, -0.25) is 19.5 Å². The van der Waals surface area contributed by atoms with Gasteiger partial charge in [-0.15, -0.1) is 0 Å².